The van der Waals surface area contributed by atoms with Crippen molar-refractivity contribution < 1.29 is 4.79 Å². The standard InChI is InChI=1S/C27H23N9O/c1-2-3-7-23(37)32-17-11-16(13-28-14-17)21-12-18-22(15-31-21)35-36-24(18)27-33-20-8-10-30-25(26(20)34-27)19-6-4-5-9-29-19/h4-6,8-15H,2-3,7H2,1H3,(H,32,37)(H,33,34)(H,35,36). The molecule has 10 nitrogen and oxygen atoms in total. The Balaban J connectivity index is 1.37. The highest BCUT2D eigenvalue weighted by Gasteiger charge is 2.17. The average molecular weight is 490 g/mol. The first-order chi connectivity index (χ1) is 18.2. The molecule has 6 aromatic rings. The zero-order chi connectivity index (χ0) is 25.2. The van der Waals surface area contributed by atoms with Gasteiger partial charge in [0.05, 0.1) is 40.5 Å². The molecule has 0 aliphatic rings. The van der Waals surface area contributed by atoms with Crippen molar-refractivity contribution in [1.29, 1.82) is 0 Å². The molecule has 0 aromatic carbocycles. The second kappa shape index (κ2) is 9.57. The van der Waals surface area contributed by atoms with Gasteiger partial charge in [-0.25, -0.2) is 4.98 Å². The van der Waals surface area contributed by atoms with Gasteiger partial charge in [0.1, 0.15) is 16.9 Å². The summed E-state index contributed by atoms with van der Waals surface area (Å²) in [6.07, 6.45) is 10.9. The quantitative estimate of drug-likeness (QED) is 0.282. The lowest BCUT2D eigenvalue weighted by Crippen LogP contribution is -2.11. The number of amides is 1. The summed E-state index contributed by atoms with van der Waals surface area (Å²) < 4.78 is 0. The molecule has 0 aliphatic heterocycles. The summed E-state index contributed by atoms with van der Waals surface area (Å²) in [4.78, 5) is 38.2. The Morgan fingerprint density at radius 3 is 2.76 bits per heavy atom. The number of nitrogens with zero attached hydrogens (tertiary/aromatic N) is 6. The maximum atomic E-state index is 12.2. The Labute approximate surface area is 211 Å². The van der Waals surface area contributed by atoms with Gasteiger partial charge >= 0.3 is 0 Å². The number of anilines is 1. The summed E-state index contributed by atoms with van der Waals surface area (Å²) in [5.74, 6) is 0.587. The molecule has 0 atom stereocenters. The third-order valence-electron chi connectivity index (χ3n) is 6.06. The lowest BCUT2D eigenvalue weighted by atomic mass is 10.1. The first-order valence-electron chi connectivity index (χ1n) is 12.1. The van der Waals surface area contributed by atoms with Crippen LogP contribution in [0.15, 0.2) is 67.4 Å². The highest BCUT2D eigenvalue weighted by molar-refractivity contribution is 5.97. The minimum Gasteiger partial charge on any atom is -0.336 e. The highest BCUT2D eigenvalue weighted by atomic mass is 16.1. The number of H-pyrrole nitrogens is 2. The van der Waals surface area contributed by atoms with Crippen LogP contribution in [0.5, 0.6) is 0 Å². The van der Waals surface area contributed by atoms with Crippen LogP contribution in [0.3, 0.4) is 0 Å². The van der Waals surface area contributed by atoms with Gasteiger partial charge in [-0.1, -0.05) is 19.4 Å². The summed E-state index contributed by atoms with van der Waals surface area (Å²) in [5, 5.41) is 11.3. The summed E-state index contributed by atoms with van der Waals surface area (Å²) in [6.45, 7) is 2.06. The SMILES string of the molecule is CCCCC(=O)Nc1cncc(-c2cc3c(-c4nc5c(-c6ccccn6)nccc5[nH]4)n[nH]c3cn2)c1. The topological polar surface area (TPSA) is 138 Å². The lowest BCUT2D eigenvalue weighted by molar-refractivity contribution is -0.116. The number of carbonyl (C=O) groups excluding carboxylic acids is 1. The van der Waals surface area contributed by atoms with Crippen molar-refractivity contribution in [3.05, 3.63) is 67.4 Å². The number of hydrogen-bond donors (Lipinski definition) is 3. The van der Waals surface area contributed by atoms with Crippen molar-refractivity contribution in [2.75, 3.05) is 5.32 Å². The lowest BCUT2D eigenvalue weighted by Gasteiger charge is -2.07. The molecular weight excluding hydrogens is 466 g/mol. The molecule has 0 saturated carbocycles. The van der Waals surface area contributed by atoms with Crippen LogP contribution in [0.1, 0.15) is 26.2 Å². The monoisotopic (exact) mass is 489 g/mol. The van der Waals surface area contributed by atoms with Crippen molar-refractivity contribution >= 4 is 33.5 Å². The Morgan fingerprint density at radius 1 is 0.946 bits per heavy atom. The second-order valence-corrected chi connectivity index (χ2v) is 8.66. The van der Waals surface area contributed by atoms with E-state index in [2.05, 4.69) is 47.4 Å². The number of hydrogen-bond acceptors (Lipinski definition) is 7. The van der Waals surface area contributed by atoms with Crippen LogP contribution in [0.25, 0.3) is 56.1 Å². The minimum atomic E-state index is -0.0224. The van der Waals surface area contributed by atoms with Crippen LogP contribution < -0.4 is 5.32 Å². The fourth-order valence-electron chi connectivity index (χ4n) is 4.20. The maximum absolute atomic E-state index is 12.2. The Hall–Kier alpha value is -4.99. The molecule has 0 saturated heterocycles. The third-order valence-corrected chi connectivity index (χ3v) is 6.06. The van der Waals surface area contributed by atoms with Gasteiger partial charge in [0.2, 0.25) is 5.91 Å². The van der Waals surface area contributed by atoms with Gasteiger partial charge in [-0.15, -0.1) is 0 Å². The number of unbranched alkanes of at least 4 members (excludes halogenated alkanes) is 1. The molecule has 6 aromatic heterocycles. The molecule has 0 fully saturated rings. The van der Waals surface area contributed by atoms with E-state index in [1.165, 1.54) is 0 Å². The van der Waals surface area contributed by atoms with Crippen LogP contribution in [0.4, 0.5) is 5.69 Å². The molecule has 1 amide bonds. The Morgan fingerprint density at radius 2 is 1.89 bits per heavy atom. The summed E-state index contributed by atoms with van der Waals surface area (Å²) in [7, 11) is 0. The van der Waals surface area contributed by atoms with Gasteiger partial charge in [0, 0.05) is 36.0 Å². The van der Waals surface area contributed by atoms with E-state index >= 15 is 0 Å². The first-order valence-corrected chi connectivity index (χ1v) is 12.1. The van der Waals surface area contributed by atoms with Crippen molar-refractivity contribution in [2.24, 2.45) is 0 Å². The number of fused-ring (bicyclic) bond motifs is 2. The van der Waals surface area contributed by atoms with Crippen molar-refractivity contribution in [1.82, 2.24) is 40.1 Å². The molecule has 10 heteroatoms. The van der Waals surface area contributed by atoms with Crippen LogP contribution in [-0.2, 0) is 4.79 Å². The molecule has 0 bridgehead atoms. The van der Waals surface area contributed by atoms with Gasteiger partial charge in [-0.2, -0.15) is 5.10 Å². The number of imidazole rings is 1. The van der Waals surface area contributed by atoms with Crippen LogP contribution in [0, 0.1) is 0 Å². The molecular formula is C27H23N9O. The molecule has 6 heterocycles. The third kappa shape index (κ3) is 4.40. The van der Waals surface area contributed by atoms with Gasteiger partial charge < -0.3 is 10.3 Å². The van der Waals surface area contributed by atoms with E-state index in [0.29, 0.717) is 35.0 Å². The Kier molecular flexibility index (Phi) is 5.81. The normalized spacial score (nSPS) is 11.3. The predicted octanol–water partition coefficient (Wildman–Crippen LogP) is 5.15. The van der Waals surface area contributed by atoms with Crippen molar-refractivity contribution in [2.45, 2.75) is 26.2 Å². The van der Waals surface area contributed by atoms with Crippen LogP contribution in [-0.4, -0.2) is 46.0 Å². The number of pyridine rings is 4. The van der Waals surface area contributed by atoms with Gasteiger partial charge in [0.15, 0.2) is 5.82 Å². The fraction of sp³-hybridized carbons (Fsp3) is 0.148. The number of carbonyl (C=O) groups is 1. The molecule has 0 radical (unpaired) electrons. The molecule has 182 valence electrons. The predicted molar refractivity (Wildman–Crippen MR) is 141 cm³/mol. The van der Waals surface area contributed by atoms with E-state index in [-0.39, 0.29) is 5.91 Å². The molecule has 0 unspecified atom stereocenters. The summed E-state index contributed by atoms with van der Waals surface area (Å²) >= 11 is 0. The van der Waals surface area contributed by atoms with E-state index in [4.69, 9.17) is 4.98 Å². The fourth-order valence-corrected chi connectivity index (χ4v) is 4.20. The Bertz CT molecular complexity index is 1720. The summed E-state index contributed by atoms with van der Waals surface area (Å²) in [6, 6.07) is 11.4. The van der Waals surface area contributed by atoms with Gasteiger partial charge in [0.25, 0.3) is 0 Å². The smallest absolute Gasteiger partial charge is 0.224 e. The molecule has 0 aliphatic carbocycles. The van der Waals surface area contributed by atoms with Gasteiger partial charge in [-0.3, -0.25) is 29.8 Å². The van der Waals surface area contributed by atoms with Crippen molar-refractivity contribution in [3.63, 3.8) is 0 Å². The zero-order valence-electron chi connectivity index (χ0n) is 20.1. The second-order valence-electron chi connectivity index (χ2n) is 8.66. The number of nitrogens with one attached hydrogen (secondary N) is 3. The molecule has 37 heavy (non-hydrogen) atoms. The molecule has 3 N–H and O–H groups in total. The van der Waals surface area contributed by atoms with E-state index in [1.54, 1.807) is 31.0 Å². The van der Waals surface area contributed by atoms with Crippen molar-refractivity contribution in [3.8, 4) is 34.2 Å². The van der Waals surface area contributed by atoms with Crippen LogP contribution >= 0.6 is 0 Å². The molecule has 0 spiro atoms. The van der Waals surface area contributed by atoms with Gasteiger partial charge in [-0.05, 0) is 36.8 Å². The van der Waals surface area contributed by atoms with E-state index in [9.17, 15) is 4.79 Å². The van der Waals surface area contributed by atoms with E-state index in [0.717, 1.165) is 46.0 Å². The minimum absolute atomic E-state index is 0.0224. The highest BCUT2D eigenvalue weighted by Crippen LogP contribution is 2.31. The maximum Gasteiger partial charge on any atom is 0.224 e. The number of aromatic nitrogens is 8. The van der Waals surface area contributed by atoms with Crippen LogP contribution in [0.2, 0.25) is 0 Å². The molecule has 6 rings (SSSR count). The zero-order valence-corrected chi connectivity index (χ0v) is 20.1. The number of rotatable bonds is 7. The summed E-state index contributed by atoms with van der Waals surface area (Å²) in [5.41, 5.74) is 6.58. The number of aromatic amines is 2. The average Bonchev–Trinajstić information content (AvgIpc) is 3.56. The van der Waals surface area contributed by atoms with E-state index in [1.807, 2.05) is 36.4 Å². The largest absolute Gasteiger partial charge is 0.336 e. The first kappa shape index (κ1) is 22.5. The van der Waals surface area contributed by atoms with E-state index < -0.39 is 0 Å².